The third-order valence-corrected chi connectivity index (χ3v) is 11.2. The number of aromatic nitrogens is 2. The number of fused-ring (bicyclic) bond motifs is 5. The fourth-order valence-corrected chi connectivity index (χ4v) is 8.34. The fourth-order valence-electron chi connectivity index (χ4n) is 7.43. The van der Waals surface area contributed by atoms with Crippen molar-refractivity contribution in [2.24, 2.45) is 5.73 Å². The van der Waals surface area contributed by atoms with Crippen molar-refractivity contribution in [3.8, 4) is 11.4 Å². The lowest BCUT2D eigenvalue weighted by Gasteiger charge is -2.36. The van der Waals surface area contributed by atoms with Crippen molar-refractivity contribution in [1.29, 1.82) is 0 Å². The third kappa shape index (κ3) is 5.48. The summed E-state index contributed by atoms with van der Waals surface area (Å²) in [6.45, 7) is 7.18. The van der Waals surface area contributed by atoms with Gasteiger partial charge < -0.3 is 29.8 Å². The molecule has 2 aromatic heterocycles. The van der Waals surface area contributed by atoms with Crippen LogP contribution in [0.4, 0.5) is 9.18 Å². The smallest absolute Gasteiger partial charge is 0.407 e. The molecular formula is C37H37FN4O7Si. The molecule has 4 aromatic rings. The second-order valence-electron chi connectivity index (χ2n) is 13.3. The standard InChI is InChI=1S/C37H37FN4O7Si/c1-5-37(49-34(44)32(39)50-18(2)3)24-13-28-31-22(15-42(28)33(43)23(24)17-47-35(37)45)30-26(41-36(46)48-16-20-9-7-6-8-10-20)12-11-21-19(4)25(38)14-27(40-31)29(21)30/h6-10,13-14,18,26,32H,5,11-12,15-17,39H2,1-4H3,(H,41,46)/t26-,32-,37-/m0/s1. The number of cyclic esters (lactones) is 1. The van der Waals surface area contributed by atoms with Crippen molar-refractivity contribution in [2.75, 3.05) is 0 Å². The van der Waals surface area contributed by atoms with Crippen LogP contribution in [0.5, 0.6) is 0 Å². The molecule has 13 heteroatoms. The Hall–Kier alpha value is -4.88. The van der Waals surface area contributed by atoms with E-state index in [0.717, 1.165) is 22.1 Å². The molecule has 3 aliphatic rings. The van der Waals surface area contributed by atoms with Crippen LogP contribution in [-0.4, -0.2) is 42.8 Å². The average molecular weight is 697 g/mol. The first kappa shape index (κ1) is 33.6. The molecule has 50 heavy (non-hydrogen) atoms. The van der Waals surface area contributed by atoms with Gasteiger partial charge in [0.1, 0.15) is 19.0 Å². The molecule has 11 nitrogen and oxygen atoms in total. The number of aryl methyl sites for hydroxylation is 1. The number of nitrogens with one attached hydrogen (secondary N) is 1. The average Bonchev–Trinajstić information content (AvgIpc) is 3.46. The largest absolute Gasteiger partial charge is 0.457 e. The van der Waals surface area contributed by atoms with E-state index >= 15 is 4.39 Å². The molecule has 1 aliphatic carbocycles. The summed E-state index contributed by atoms with van der Waals surface area (Å²) in [6.07, 6.45) is 0.366. The number of esters is 2. The highest BCUT2D eigenvalue weighted by molar-refractivity contribution is 6.45. The molecule has 2 radical (unpaired) electrons. The van der Waals surface area contributed by atoms with E-state index in [1.165, 1.54) is 6.07 Å². The van der Waals surface area contributed by atoms with Gasteiger partial charge in [-0.1, -0.05) is 56.6 Å². The molecule has 2 aromatic carbocycles. The minimum Gasteiger partial charge on any atom is -0.457 e. The molecule has 258 valence electrons. The summed E-state index contributed by atoms with van der Waals surface area (Å²) in [5.74, 6) is -1.95. The molecule has 0 spiro atoms. The van der Waals surface area contributed by atoms with Crippen molar-refractivity contribution in [1.82, 2.24) is 14.9 Å². The highest BCUT2D eigenvalue weighted by atomic mass is 28.2. The van der Waals surface area contributed by atoms with Gasteiger partial charge in [-0.25, -0.2) is 19.0 Å². The molecule has 7 rings (SSSR count). The number of pyridine rings is 2. The summed E-state index contributed by atoms with van der Waals surface area (Å²) in [7, 11) is 0.0603. The summed E-state index contributed by atoms with van der Waals surface area (Å²) in [5, 5.41) is 3.76. The van der Waals surface area contributed by atoms with Crippen LogP contribution in [0.2, 0.25) is 5.54 Å². The molecule has 0 saturated carbocycles. The van der Waals surface area contributed by atoms with E-state index in [1.54, 1.807) is 24.5 Å². The van der Waals surface area contributed by atoms with Gasteiger partial charge in [0.15, 0.2) is 0 Å². The van der Waals surface area contributed by atoms with Gasteiger partial charge in [0.2, 0.25) is 5.60 Å². The van der Waals surface area contributed by atoms with Crippen LogP contribution in [0, 0.1) is 12.7 Å². The Labute approximate surface area is 290 Å². The minimum atomic E-state index is -1.89. The molecule has 2 aliphatic heterocycles. The van der Waals surface area contributed by atoms with Crippen LogP contribution in [0.3, 0.4) is 0 Å². The SMILES string of the molecule is CC[C@@]1(OC(=O)[C@@H](N)[Si]C(C)C)C(=O)OCc2c1cc1n(c2=O)Cc2c-1nc1cc(F)c(C)c3c1c2[C@@H](NC(=O)OCc1ccccc1)CC3. The van der Waals surface area contributed by atoms with E-state index in [-0.39, 0.29) is 52.4 Å². The Balaban J connectivity index is 1.34. The first-order chi connectivity index (χ1) is 23.9. The molecule has 3 atom stereocenters. The number of carbonyl (C=O) groups excluding carboxylic acids is 3. The lowest BCUT2D eigenvalue weighted by atomic mass is 9.81. The molecule has 0 fully saturated rings. The Morgan fingerprint density at radius 3 is 2.66 bits per heavy atom. The molecule has 4 heterocycles. The number of rotatable bonds is 8. The third-order valence-electron chi connectivity index (χ3n) is 9.89. The topological polar surface area (TPSA) is 152 Å². The van der Waals surface area contributed by atoms with Crippen LogP contribution < -0.4 is 16.6 Å². The van der Waals surface area contributed by atoms with Crippen molar-refractivity contribution in [3.63, 3.8) is 0 Å². The summed E-state index contributed by atoms with van der Waals surface area (Å²) in [5.41, 5.74) is 8.21. The monoisotopic (exact) mass is 696 g/mol. The van der Waals surface area contributed by atoms with Crippen LogP contribution >= 0.6 is 0 Å². The molecule has 0 saturated heterocycles. The number of hydrogen-bond acceptors (Lipinski definition) is 9. The van der Waals surface area contributed by atoms with Crippen LogP contribution in [-0.2, 0) is 55.6 Å². The number of amides is 1. The number of ether oxygens (including phenoxy) is 3. The number of benzene rings is 2. The second-order valence-corrected chi connectivity index (χ2v) is 15.4. The highest BCUT2D eigenvalue weighted by Crippen LogP contribution is 2.46. The first-order valence-corrected chi connectivity index (χ1v) is 17.9. The Morgan fingerprint density at radius 2 is 1.94 bits per heavy atom. The number of alkyl carbamates (subject to hydrolysis) is 1. The van der Waals surface area contributed by atoms with Gasteiger partial charge in [-0.3, -0.25) is 9.59 Å². The number of hydrogen-bond donors (Lipinski definition) is 2. The molecule has 0 bridgehead atoms. The number of nitrogens with two attached hydrogens (primary N) is 1. The van der Waals surface area contributed by atoms with Gasteiger partial charge in [-0.15, -0.1) is 0 Å². The van der Waals surface area contributed by atoms with E-state index in [2.05, 4.69) is 5.32 Å². The van der Waals surface area contributed by atoms with Crippen LogP contribution in [0.25, 0.3) is 22.3 Å². The highest BCUT2D eigenvalue weighted by Gasteiger charge is 2.51. The van der Waals surface area contributed by atoms with Crippen molar-refractivity contribution < 1.29 is 33.0 Å². The van der Waals surface area contributed by atoms with Gasteiger partial charge in [-0.05, 0) is 54.5 Å². The number of nitrogens with zero attached hydrogens (tertiary/aromatic N) is 2. The maximum Gasteiger partial charge on any atom is 0.407 e. The Morgan fingerprint density at radius 1 is 1.18 bits per heavy atom. The van der Waals surface area contributed by atoms with E-state index < -0.39 is 46.7 Å². The lowest BCUT2D eigenvalue weighted by molar-refractivity contribution is -0.189. The van der Waals surface area contributed by atoms with Crippen molar-refractivity contribution in [2.45, 2.75) is 89.6 Å². The summed E-state index contributed by atoms with van der Waals surface area (Å²) in [4.78, 5) is 59.0. The van der Waals surface area contributed by atoms with E-state index in [1.807, 2.05) is 44.2 Å². The fraction of sp³-hybridized carbons (Fsp3) is 0.378. The normalized spacial score (nSPS) is 19.3. The summed E-state index contributed by atoms with van der Waals surface area (Å²) in [6, 6.07) is 11.9. The van der Waals surface area contributed by atoms with Gasteiger partial charge in [0.25, 0.3) is 5.56 Å². The molecule has 3 N–H and O–H groups in total. The van der Waals surface area contributed by atoms with Gasteiger partial charge in [0, 0.05) is 22.6 Å². The Bertz CT molecular complexity index is 2140. The maximum absolute atomic E-state index is 15.3. The zero-order chi connectivity index (χ0) is 35.5. The minimum absolute atomic E-state index is 0.000826. The quantitative estimate of drug-likeness (QED) is 0.132. The van der Waals surface area contributed by atoms with Gasteiger partial charge >= 0.3 is 18.0 Å². The van der Waals surface area contributed by atoms with Crippen LogP contribution in [0.15, 0.2) is 47.3 Å². The van der Waals surface area contributed by atoms with Crippen molar-refractivity contribution >= 4 is 38.5 Å². The maximum atomic E-state index is 15.3. The summed E-state index contributed by atoms with van der Waals surface area (Å²) >= 11 is 0. The lowest BCUT2D eigenvalue weighted by Crippen LogP contribution is -2.51. The molecule has 1 amide bonds. The van der Waals surface area contributed by atoms with Crippen molar-refractivity contribution in [3.05, 3.63) is 97.6 Å². The number of carbonyl (C=O) groups is 3. The first-order valence-electron chi connectivity index (χ1n) is 16.7. The summed E-state index contributed by atoms with van der Waals surface area (Å²) < 4.78 is 33.8. The zero-order valence-electron chi connectivity index (χ0n) is 28.2. The predicted octanol–water partition coefficient (Wildman–Crippen LogP) is 4.81. The van der Waals surface area contributed by atoms with E-state index in [9.17, 15) is 19.2 Å². The zero-order valence-corrected chi connectivity index (χ0v) is 29.2. The van der Waals surface area contributed by atoms with Crippen LogP contribution in [0.1, 0.15) is 78.6 Å². The predicted molar refractivity (Wildman–Crippen MR) is 183 cm³/mol. The van der Waals surface area contributed by atoms with E-state index in [4.69, 9.17) is 24.9 Å². The van der Waals surface area contributed by atoms with E-state index in [0.29, 0.717) is 40.9 Å². The van der Waals surface area contributed by atoms with Gasteiger partial charge in [0.05, 0.1) is 50.2 Å². The number of halogens is 1. The molecular weight excluding hydrogens is 660 g/mol. The molecule has 0 unspecified atom stereocenters. The Kier molecular flexibility index (Phi) is 8.59. The second kappa shape index (κ2) is 12.8. The van der Waals surface area contributed by atoms with Gasteiger partial charge in [-0.2, -0.15) is 0 Å².